The minimum Gasteiger partial charge on any atom is -0.349 e. The van der Waals surface area contributed by atoms with Crippen LogP contribution < -0.4 is 10.6 Å². The Hall–Kier alpha value is -2.39. The van der Waals surface area contributed by atoms with E-state index in [2.05, 4.69) is 20.5 Å². The van der Waals surface area contributed by atoms with Crippen LogP contribution in [0, 0.1) is 11.6 Å². The van der Waals surface area contributed by atoms with Gasteiger partial charge in [0.05, 0.1) is 0 Å². The van der Waals surface area contributed by atoms with Crippen LogP contribution in [0.1, 0.15) is 33.7 Å². The van der Waals surface area contributed by atoms with Gasteiger partial charge in [-0.05, 0) is 38.1 Å². The van der Waals surface area contributed by atoms with Crippen molar-refractivity contribution in [1.29, 1.82) is 0 Å². The second kappa shape index (κ2) is 8.33. The highest BCUT2D eigenvalue weighted by atomic mass is 32.1. The van der Waals surface area contributed by atoms with Crippen LogP contribution in [0.3, 0.4) is 0 Å². The molecule has 0 bridgehead atoms. The van der Waals surface area contributed by atoms with E-state index in [0.29, 0.717) is 6.54 Å². The van der Waals surface area contributed by atoms with Crippen molar-refractivity contribution >= 4 is 28.3 Å². The molecule has 1 fully saturated rings. The summed E-state index contributed by atoms with van der Waals surface area (Å²) >= 11 is 1.01. The Morgan fingerprint density at radius 2 is 1.85 bits per heavy atom. The third-order valence-corrected chi connectivity index (χ3v) is 4.82. The van der Waals surface area contributed by atoms with Crippen molar-refractivity contribution in [1.82, 2.24) is 15.2 Å². The Labute approximate surface area is 153 Å². The molecule has 1 saturated heterocycles. The molecule has 0 radical (unpaired) electrons. The lowest BCUT2D eigenvalue weighted by Gasteiger charge is -2.14. The number of benzene rings is 1. The molecule has 1 aliphatic heterocycles. The van der Waals surface area contributed by atoms with E-state index in [1.54, 1.807) is 0 Å². The molecule has 26 heavy (non-hydrogen) atoms. The van der Waals surface area contributed by atoms with E-state index in [4.69, 9.17) is 0 Å². The van der Waals surface area contributed by atoms with E-state index in [1.165, 1.54) is 24.3 Å². The topological polar surface area (TPSA) is 74.3 Å². The number of carbonyl (C=O) groups is 2. The highest BCUT2D eigenvalue weighted by Crippen LogP contribution is 2.19. The van der Waals surface area contributed by atoms with Crippen LogP contribution in [0.4, 0.5) is 13.9 Å². The maximum absolute atomic E-state index is 13.6. The number of nitrogens with zero attached hydrogens (tertiary/aromatic N) is 2. The Balaban J connectivity index is 1.55. The summed E-state index contributed by atoms with van der Waals surface area (Å²) < 4.78 is 27.2. The smallest absolute Gasteiger partial charge is 0.270 e. The molecule has 0 spiro atoms. The lowest BCUT2D eigenvalue weighted by atomic mass is 10.2. The van der Waals surface area contributed by atoms with Crippen LogP contribution in [0.5, 0.6) is 0 Å². The van der Waals surface area contributed by atoms with Crippen molar-refractivity contribution in [3.05, 3.63) is 46.5 Å². The van der Waals surface area contributed by atoms with E-state index in [0.717, 1.165) is 43.1 Å². The average molecular weight is 380 g/mol. The van der Waals surface area contributed by atoms with Crippen molar-refractivity contribution in [3.8, 4) is 0 Å². The van der Waals surface area contributed by atoms with Crippen LogP contribution in [0.25, 0.3) is 0 Å². The normalized spacial score (nSPS) is 14.4. The summed E-state index contributed by atoms with van der Waals surface area (Å²) in [4.78, 5) is 30.4. The zero-order chi connectivity index (χ0) is 18.5. The lowest BCUT2D eigenvalue weighted by Crippen LogP contribution is -2.33. The molecule has 6 nitrogen and oxygen atoms in total. The van der Waals surface area contributed by atoms with Gasteiger partial charge in [0, 0.05) is 18.5 Å². The minimum absolute atomic E-state index is 0.0994. The van der Waals surface area contributed by atoms with Crippen LogP contribution in [0.15, 0.2) is 23.6 Å². The van der Waals surface area contributed by atoms with Gasteiger partial charge in [0.15, 0.2) is 5.13 Å². The Morgan fingerprint density at radius 1 is 1.15 bits per heavy atom. The molecule has 3 rings (SSSR count). The first-order valence-corrected chi connectivity index (χ1v) is 9.14. The van der Waals surface area contributed by atoms with E-state index in [1.807, 2.05) is 0 Å². The number of halogens is 2. The summed E-state index contributed by atoms with van der Waals surface area (Å²) in [6.45, 7) is 3.40. The Kier molecular flexibility index (Phi) is 5.89. The number of likely N-dealkylation sites (tertiary alicyclic amines) is 1. The number of rotatable bonds is 6. The summed E-state index contributed by atoms with van der Waals surface area (Å²) in [5.41, 5.74) is -0.528. The number of anilines is 1. The SMILES string of the molecule is O=C(NCCN1CCCC1)c1csc(NC(=O)c2c(F)cccc2F)n1. The zero-order valence-electron chi connectivity index (χ0n) is 13.9. The summed E-state index contributed by atoms with van der Waals surface area (Å²) in [6, 6.07) is 3.17. The highest BCUT2D eigenvalue weighted by Gasteiger charge is 2.19. The molecule has 2 aromatic rings. The maximum atomic E-state index is 13.6. The lowest BCUT2D eigenvalue weighted by molar-refractivity contribution is 0.0943. The predicted octanol–water partition coefficient (Wildman–Crippen LogP) is 2.50. The average Bonchev–Trinajstić information content (AvgIpc) is 3.26. The number of carbonyl (C=O) groups excluding carboxylic acids is 2. The first kappa shape index (κ1) is 18.4. The number of hydrogen-bond acceptors (Lipinski definition) is 5. The number of hydrogen-bond donors (Lipinski definition) is 2. The van der Waals surface area contributed by atoms with Gasteiger partial charge in [-0.1, -0.05) is 6.07 Å². The number of thiazole rings is 1. The molecule has 0 saturated carbocycles. The van der Waals surface area contributed by atoms with E-state index < -0.39 is 23.1 Å². The van der Waals surface area contributed by atoms with Gasteiger partial charge >= 0.3 is 0 Å². The Bertz CT molecular complexity index is 786. The van der Waals surface area contributed by atoms with Gasteiger partial charge in [0.2, 0.25) is 0 Å². The number of nitrogens with one attached hydrogen (secondary N) is 2. The molecule has 1 aromatic heterocycles. The molecule has 0 aliphatic carbocycles. The van der Waals surface area contributed by atoms with Crippen molar-refractivity contribution in [2.75, 3.05) is 31.5 Å². The van der Waals surface area contributed by atoms with Gasteiger partial charge < -0.3 is 10.2 Å². The van der Waals surface area contributed by atoms with E-state index in [-0.39, 0.29) is 16.7 Å². The molecule has 2 heterocycles. The monoisotopic (exact) mass is 380 g/mol. The van der Waals surface area contributed by atoms with Crippen LogP contribution in [-0.4, -0.2) is 47.9 Å². The number of aromatic nitrogens is 1. The second-order valence-corrected chi connectivity index (χ2v) is 6.75. The van der Waals surface area contributed by atoms with Crippen LogP contribution in [-0.2, 0) is 0 Å². The predicted molar refractivity (Wildman–Crippen MR) is 94.4 cm³/mol. The molecular formula is C17H18F2N4O2S. The molecule has 138 valence electrons. The summed E-state index contributed by atoms with van der Waals surface area (Å²) in [6.07, 6.45) is 2.37. The van der Waals surface area contributed by atoms with Gasteiger partial charge in [0.25, 0.3) is 11.8 Å². The van der Waals surface area contributed by atoms with Gasteiger partial charge in [0.1, 0.15) is 22.9 Å². The fourth-order valence-corrected chi connectivity index (χ4v) is 3.42. The summed E-state index contributed by atoms with van der Waals surface area (Å²) in [7, 11) is 0. The molecule has 9 heteroatoms. The number of amides is 2. The third-order valence-electron chi connectivity index (χ3n) is 4.06. The first-order chi connectivity index (χ1) is 12.5. The zero-order valence-corrected chi connectivity index (χ0v) is 14.7. The molecule has 1 aromatic carbocycles. The fraction of sp³-hybridized carbons (Fsp3) is 0.353. The van der Waals surface area contributed by atoms with Gasteiger partial charge in [-0.25, -0.2) is 13.8 Å². The van der Waals surface area contributed by atoms with E-state index >= 15 is 0 Å². The maximum Gasteiger partial charge on any atom is 0.270 e. The van der Waals surface area contributed by atoms with E-state index in [9.17, 15) is 18.4 Å². The molecular weight excluding hydrogens is 362 g/mol. The van der Waals surface area contributed by atoms with Crippen molar-refractivity contribution < 1.29 is 18.4 Å². The van der Waals surface area contributed by atoms with Gasteiger partial charge in [-0.3, -0.25) is 14.9 Å². The standard InChI is InChI=1S/C17H18F2N4O2S/c18-11-4-3-5-12(19)14(11)16(25)22-17-21-13(10-26-17)15(24)20-6-9-23-7-1-2-8-23/h3-5,10H,1-2,6-9H2,(H,20,24)(H,21,22,25). The molecule has 2 amide bonds. The molecule has 1 aliphatic rings. The molecule has 2 N–H and O–H groups in total. The highest BCUT2D eigenvalue weighted by molar-refractivity contribution is 7.14. The van der Waals surface area contributed by atoms with Crippen LogP contribution >= 0.6 is 11.3 Å². The van der Waals surface area contributed by atoms with Crippen molar-refractivity contribution in [3.63, 3.8) is 0 Å². The van der Waals surface area contributed by atoms with Crippen LogP contribution in [0.2, 0.25) is 0 Å². The van der Waals surface area contributed by atoms with Gasteiger partial charge in [-0.2, -0.15) is 0 Å². The molecule has 0 unspecified atom stereocenters. The summed E-state index contributed by atoms with van der Waals surface area (Å²) in [5, 5.41) is 6.67. The van der Waals surface area contributed by atoms with Crippen molar-refractivity contribution in [2.45, 2.75) is 12.8 Å². The summed E-state index contributed by atoms with van der Waals surface area (Å²) in [5.74, 6) is -3.22. The quantitative estimate of drug-likeness (QED) is 0.808. The van der Waals surface area contributed by atoms with Gasteiger partial charge in [-0.15, -0.1) is 11.3 Å². The minimum atomic E-state index is -0.959. The second-order valence-electron chi connectivity index (χ2n) is 5.89. The Morgan fingerprint density at radius 3 is 2.54 bits per heavy atom. The fourth-order valence-electron chi connectivity index (χ4n) is 2.73. The third kappa shape index (κ3) is 4.41. The first-order valence-electron chi connectivity index (χ1n) is 8.26. The largest absolute Gasteiger partial charge is 0.349 e. The molecule has 0 atom stereocenters. The van der Waals surface area contributed by atoms with Crippen molar-refractivity contribution in [2.24, 2.45) is 0 Å².